The Labute approximate surface area is 117 Å². The summed E-state index contributed by atoms with van der Waals surface area (Å²) in [4.78, 5) is 12.1. The Bertz CT molecular complexity index is 589. The number of nitrogens with one attached hydrogen (secondary N) is 1. The number of aliphatic hydroxyl groups excluding tert-OH is 1. The van der Waals surface area contributed by atoms with E-state index in [0.717, 1.165) is 10.9 Å². The number of fused-ring (bicyclic) bond motifs is 1. The van der Waals surface area contributed by atoms with Crippen LogP contribution in [-0.4, -0.2) is 30.3 Å². The van der Waals surface area contributed by atoms with Crippen molar-refractivity contribution >= 4 is 16.9 Å². The van der Waals surface area contributed by atoms with Gasteiger partial charge >= 0.3 is 0 Å². The maximum absolute atomic E-state index is 12.1. The molecule has 1 aromatic heterocycles. The van der Waals surface area contributed by atoms with Crippen molar-refractivity contribution in [1.29, 1.82) is 0 Å². The van der Waals surface area contributed by atoms with Gasteiger partial charge in [0, 0.05) is 17.5 Å². The maximum atomic E-state index is 12.1. The van der Waals surface area contributed by atoms with E-state index >= 15 is 0 Å². The zero-order valence-electron chi connectivity index (χ0n) is 11.7. The highest BCUT2D eigenvalue weighted by Gasteiger charge is 2.20. The standard InChI is InChI=1S/C15H19NO4/c1-10(2)19-9-12-11-5-3-4-6-13(11)20-14(12)15(18)16-7-8-17/h3-6,10,17H,7-9H2,1-2H3,(H,16,18). The van der Waals surface area contributed by atoms with E-state index in [0.29, 0.717) is 12.2 Å². The first-order chi connectivity index (χ1) is 9.63. The van der Waals surface area contributed by atoms with Crippen molar-refractivity contribution in [3.05, 3.63) is 35.6 Å². The Morgan fingerprint density at radius 1 is 1.40 bits per heavy atom. The van der Waals surface area contributed by atoms with Crippen LogP contribution in [-0.2, 0) is 11.3 Å². The highest BCUT2D eigenvalue weighted by Crippen LogP contribution is 2.26. The molecule has 0 aliphatic rings. The molecule has 1 heterocycles. The summed E-state index contributed by atoms with van der Waals surface area (Å²) >= 11 is 0. The minimum Gasteiger partial charge on any atom is -0.451 e. The summed E-state index contributed by atoms with van der Waals surface area (Å²) in [6.07, 6.45) is 0.0667. The molecule has 0 atom stereocenters. The summed E-state index contributed by atoms with van der Waals surface area (Å²) in [6, 6.07) is 7.47. The van der Waals surface area contributed by atoms with Crippen molar-refractivity contribution in [2.24, 2.45) is 0 Å². The van der Waals surface area contributed by atoms with Crippen LogP contribution in [0.2, 0.25) is 0 Å². The Morgan fingerprint density at radius 3 is 2.85 bits per heavy atom. The van der Waals surface area contributed by atoms with Gasteiger partial charge in [0.05, 0.1) is 19.3 Å². The molecule has 0 aliphatic carbocycles. The predicted octanol–water partition coefficient (Wildman–Crippen LogP) is 2.08. The largest absolute Gasteiger partial charge is 0.451 e. The van der Waals surface area contributed by atoms with Crippen LogP contribution in [0.25, 0.3) is 11.0 Å². The molecule has 5 nitrogen and oxygen atoms in total. The van der Waals surface area contributed by atoms with Crippen LogP contribution >= 0.6 is 0 Å². The van der Waals surface area contributed by atoms with Gasteiger partial charge in [-0.25, -0.2) is 0 Å². The fourth-order valence-electron chi connectivity index (χ4n) is 1.93. The van der Waals surface area contributed by atoms with E-state index in [1.54, 1.807) is 0 Å². The van der Waals surface area contributed by atoms with Crippen molar-refractivity contribution in [3.63, 3.8) is 0 Å². The van der Waals surface area contributed by atoms with Gasteiger partial charge in [-0.1, -0.05) is 18.2 Å². The van der Waals surface area contributed by atoms with Gasteiger partial charge in [-0.3, -0.25) is 4.79 Å². The lowest BCUT2D eigenvalue weighted by Crippen LogP contribution is -2.26. The fraction of sp³-hybridized carbons (Fsp3) is 0.400. The Hall–Kier alpha value is -1.85. The lowest BCUT2D eigenvalue weighted by molar-refractivity contribution is 0.0643. The molecule has 1 aromatic carbocycles. The van der Waals surface area contributed by atoms with E-state index in [4.69, 9.17) is 14.3 Å². The zero-order chi connectivity index (χ0) is 14.5. The van der Waals surface area contributed by atoms with Crippen LogP contribution in [0, 0.1) is 0 Å². The monoisotopic (exact) mass is 277 g/mol. The molecule has 2 N–H and O–H groups in total. The van der Waals surface area contributed by atoms with E-state index in [9.17, 15) is 4.79 Å². The van der Waals surface area contributed by atoms with E-state index in [1.165, 1.54) is 0 Å². The molecule has 108 valence electrons. The predicted molar refractivity (Wildman–Crippen MR) is 75.6 cm³/mol. The zero-order valence-corrected chi connectivity index (χ0v) is 11.7. The van der Waals surface area contributed by atoms with Crippen molar-refractivity contribution in [3.8, 4) is 0 Å². The normalized spacial score (nSPS) is 11.2. The van der Waals surface area contributed by atoms with E-state index in [1.807, 2.05) is 38.1 Å². The lowest BCUT2D eigenvalue weighted by atomic mass is 10.1. The first-order valence-electron chi connectivity index (χ1n) is 6.64. The number of benzene rings is 1. The third kappa shape index (κ3) is 3.18. The van der Waals surface area contributed by atoms with Crippen LogP contribution in [0.5, 0.6) is 0 Å². The number of carbonyl (C=O) groups is 1. The van der Waals surface area contributed by atoms with Gasteiger partial charge in [-0.05, 0) is 19.9 Å². The second kappa shape index (κ2) is 6.54. The first kappa shape index (κ1) is 14.6. The molecular formula is C15H19NO4. The number of furan rings is 1. The summed E-state index contributed by atoms with van der Waals surface area (Å²) in [7, 11) is 0. The van der Waals surface area contributed by atoms with Gasteiger partial charge in [-0.2, -0.15) is 0 Å². The van der Waals surface area contributed by atoms with Crippen molar-refractivity contribution < 1.29 is 19.1 Å². The summed E-state index contributed by atoms with van der Waals surface area (Å²) in [5, 5.41) is 12.3. The molecule has 0 spiro atoms. The molecule has 20 heavy (non-hydrogen) atoms. The number of rotatable bonds is 6. The van der Waals surface area contributed by atoms with E-state index < -0.39 is 0 Å². The van der Waals surface area contributed by atoms with Crippen molar-refractivity contribution in [2.45, 2.75) is 26.6 Å². The summed E-state index contributed by atoms with van der Waals surface area (Å²) in [6.45, 7) is 4.28. The molecule has 2 aromatic rings. The highest BCUT2D eigenvalue weighted by molar-refractivity contribution is 5.99. The first-order valence-corrected chi connectivity index (χ1v) is 6.64. The smallest absolute Gasteiger partial charge is 0.287 e. The Balaban J connectivity index is 2.35. The summed E-state index contributed by atoms with van der Waals surface area (Å²) in [5.41, 5.74) is 1.40. The molecular weight excluding hydrogens is 258 g/mol. The number of carbonyl (C=O) groups excluding carboxylic acids is 1. The summed E-state index contributed by atoms with van der Waals surface area (Å²) < 4.78 is 11.2. The molecule has 1 amide bonds. The van der Waals surface area contributed by atoms with Gasteiger partial charge in [0.15, 0.2) is 5.76 Å². The number of ether oxygens (including phenoxy) is 1. The molecule has 0 aliphatic heterocycles. The topological polar surface area (TPSA) is 71.7 Å². The maximum Gasteiger partial charge on any atom is 0.287 e. The minimum absolute atomic E-state index is 0.0667. The van der Waals surface area contributed by atoms with E-state index in [2.05, 4.69) is 5.32 Å². The number of amides is 1. The second-order valence-corrected chi connectivity index (χ2v) is 4.75. The molecule has 0 radical (unpaired) electrons. The molecule has 0 fully saturated rings. The van der Waals surface area contributed by atoms with Crippen LogP contribution in [0.1, 0.15) is 30.0 Å². The van der Waals surface area contributed by atoms with Gasteiger partial charge in [-0.15, -0.1) is 0 Å². The van der Waals surface area contributed by atoms with Crippen LogP contribution in [0.3, 0.4) is 0 Å². The highest BCUT2D eigenvalue weighted by atomic mass is 16.5. The van der Waals surface area contributed by atoms with Crippen molar-refractivity contribution in [1.82, 2.24) is 5.32 Å². The molecule has 5 heteroatoms. The SMILES string of the molecule is CC(C)OCc1c(C(=O)NCCO)oc2ccccc12. The molecule has 2 rings (SSSR count). The van der Waals surface area contributed by atoms with E-state index in [-0.39, 0.29) is 30.9 Å². The van der Waals surface area contributed by atoms with Gasteiger partial charge < -0.3 is 19.6 Å². The molecule has 0 saturated heterocycles. The van der Waals surface area contributed by atoms with Gasteiger partial charge in [0.1, 0.15) is 5.58 Å². The third-order valence-corrected chi connectivity index (χ3v) is 2.86. The average molecular weight is 277 g/mol. The Morgan fingerprint density at radius 2 is 2.15 bits per heavy atom. The Kier molecular flexibility index (Phi) is 4.76. The quantitative estimate of drug-likeness (QED) is 0.848. The molecule has 0 bridgehead atoms. The van der Waals surface area contributed by atoms with Crippen LogP contribution in [0.4, 0.5) is 0 Å². The summed E-state index contributed by atoms with van der Waals surface area (Å²) in [5.74, 6) is -0.0853. The third-order valence-electron chi connectivity index (χ3n) is 2.86. The fourth-order valence-corrected chi connectivity index (χ4v) is 1.93. The average Bonchev–Trinajstić information content (AvgIpc) is 2.81. The van der Waals surface area contributed by atoms with Crippen LogP contribution in [0.15, 0.2) is 28.7 Å². The lowest BCUT2D eigenvalue weighted by Gasteiger charge is -2.08. The number of para-hydroxylation sites is 1. The van der Waals surface area contributed by atoms with Crippen molar-refractivity contribution in [2.75, 3.05) is 13.2 Å². The number of aliphatic hydroxyl groups is 1. The van der Waals surface area contributed by atoms with Gasteiger partial charge in [0.2, 0.25) is 0 Å². The van der Waals surface area contributed by atoms with Crippen LogP contribution < -0.4 is 5.32 Å². The molecule has 0 unspecified atom stereocenters. The minimum atomic E-state index is -0.336. The number of hydrogen-bond donors (Lipinski definition) is 2. The molecule has 0 saturated carbocycles. The number of hydrogen-bond acceptors (Lipinski definition) is 4. The van der Waals surface area contributed by atoms with Gasteiger partial charge in [0.25, 0.3) is 5.91 Å². The second-order valence-electron chi connectivity index (χ2n) is 4.75.